The van der Waals surface area contributed by atoms with Crippen molar-refractivity contribution in [2.45, 2.75) is 264 Å². The number of hydrogen-bond acceptors (Lipinski definition) is 6. The summed E-state index contributed by atoms with van der Waals surface area (Å²) in [4.78, 5) is 38.2. The largest absolute Gasteiger partial charge is 0.462 e. The van der Waals surface area contributed by atoms with Crippen LogP contribution in [0.2, 0.25) is 0 Å². The molecule has 0 amide bonds. The summed E-state index contributed by atoms with van der Waals surface area (Å²) in [7, 11) is 0. The fraction of sp³-hybridized carbons (Fsp3) is 0.652. The average Bonchev–Trinajstić information content (AvgIpc) is 3.38. The second-order valence-corrected chi connectivity index (χ2v) is 19.1. The maximum Gasteiger partial charge on any atom is 0.306 e. The highest BCUT2D eigenvalue weighted by Crippen LogP contribution is 2.15. The fourth-order valence-corrected chi connectivity index (χ4v) is 7.86. The number of allylic oxidation sites excluding steroid dienone is 20. The van der Waals surface area contributed by atoms with Gasteiger partial charge in [0.2, 0.25) is 0 Å². The van der Waals surface area contributed by atoms with Crippen molar-refractivity contribution in [2.75, 3.05) is 13.2 Å². The summed E-state index contributed by atoms with van der Waals surface area (Å²) in [5.41, 5.74) is 0. The topological polar surface area (TPSA) is 78.9 Å². The van der Waals surface area contributed by atoms with Crippen LogP contribution in [0.15, 0.2) is 122 Å². The van der Waals surface area contributed by atoms with E-state index in [-0.39, 0.29) is 37.5 Å². The molecule has 72 heavy (non-hydrogen) atoms. The molecular weight excluding hydrogens is 889 g/mol. The SMILES string of the molecule is CC/C=C\C/C=C\C/C=C\C/C=C\C/C=C\CCCCCCCC(=O)OCC(COC(=O)CCCCCCCCCCCCCCCCCC)OC(=O)CCC/C=C\C/C=C\C/C=C\C/C=C\C/C=C\CC. The quantitative estimate of drug-likeness (QED) is 0.0261. The molecule has 0 radical (unpaired) electrons. The van der Waals surface area contributed by atoms with Gasteiger partial charge in [0.25, 0.3) is 0 Å². The predicted molar refractivity (Wildman–Crippen MR) is 311 cm³/mol. The van der Waals surface area contributed by atoms with Gasteiger partial charge in [0.05, 0.1) is 0 Å². The van der Waals surface area contributed by atoms with Gasteiger partial charge in [-0.25, -0.2) is 0 Å². The van der Waals surface area contributed by atoms with Gasteiger partial charge in [0.15, 0.2) is 6.10 Å². The molecule has 1 atom stereocenters. The Balaban J connectivity index is 4.51. The van der Waals surface area contributed by atoms with E-state index >= 15 is 0 Å². The van der Waals surface area contributed by atoms with Crippen molar-refractivity contribution in [2.24, 2.45) is 0 Å². The Morgan fingerprint density at radius 3 is 0.889 bits per heavy atom. The van der Waals surface area contributed by atoms with Crippen molar-refractivity contribution in [3.8, 4) is 0 Å². The number of unbranched alkanes of at least 4 members (excludes halogenated alkanes) is 21. The van der Waals surface area contributed by atoms with Gasteiger partial charge in [-0.05, 0) is 103 Å². The fourth-order valence-electron chi connectivity index (χ4n) is 7.86. The molecule has 0 aromatic carbocycles. The van der Waals surface area contributed by atoms with Crippen molar-refractivity contribution < 1.29 is 28.6 Å². The maximum atomic E-state index is 12.8. The lowest BCUT2D eigenvalue weighted by atomic mass is 10.0. The van der Waals surface area contributed by atoms with Crippen molar-refractivity contribution in [1.29, 1.82) is 0 Å². The summed E-state index contributed by atoms with van der Waals surface area (Å²) in [6.07, 6.45) is 81.9. The van der Waals surface area contributed by atoms with Crippen LogP contribution in [0.5, 0.6) is 0 Å². The number of esters is 3. The van der Waals surface area contributed by atoms with Crippen molar-refractivity contribution in [3.05, 3.63) is 122 Å². The molecule has 0 rings (SSSR count). The Kier molecular flexibility index (Phi) is 55.9. The second-order valence-electron chi connectivity index (χ2n) is 19.1. The minimum Gasteiger partial charge on any atom is -0.462 e. The summed E-state index contributed by atoms with van der Waals surface area (Å²) < 4.78 is 16.8. The third-order valence-electron chi connectivity index (χ3n) is 12.2. The zero-order chi connectivity index (χ0) is 52.2. The molecule has 408 valence electrons. The van der Waals surface area contributed by atoms with Gasteiger partial charge < -0.3 is 14.2 Å². The van der Waals surface area contributed by atoms with Crippen LogP contribution in [0.3, 0.4) is 0 Å². The molecule has 0 aliphatic carbocycles. The molecule has 0 heterocycles. The van der Waals surface area contributed by atoms with Crippen LogP contribution in [0, 0.1) is 0 Å². The molecule has 0 fully saturated rings. The molecule has 0 bridgehead atoms. The van der Waals surface area contributed by atoms with Crippen LogP contribution < -0.4 is 0 Å². The average molecular weight is 998 g/mol. The lowest BCUT2D eigenvalue weighted by Gasteiger charge is -2.18. The van der Waals surface area contributed by atoms with Crippen molar-refractivity contribution >= 4 is 17.9 Å². The van der Waals surface area contributed by atoms with Gasteiger partial charge >= 0.3 is 17.9 Å². The standard InChI is InChI=1S/C66H108O6/c1-4-7-10-13-16-19-22-25-28-31-32-33-34-36-38-41-44-47-50-53-56-59-65(68)71-62-63(61-70-64(67)58-55-52-49-46-43-40-37-30-27-24-21-18-15-12-9-6-3)72-66(69)60-57-54-51-48-45-42-39-35-29-26-23-20-17-14-11-8-5-2/h7-8,10-11,16-17,19-20,25-26,28-29,32-33,36,38-39,42,48,51,63H,4-6,9,12-15,18,21-24,27,30-31,34-35,37,40-41,43-47,49-50,52-62H2,1-3H3/b10-7-,11-8-,19-16-,20-17-,28-25-,29-26-,33-32-,38-36-,42-39-,51-48-. The molecule has 0 saturated heterocycles. The number of ether oxygens (including phenoxy) is 3. The van der Waals surface area contributed by atoms with Gasteiger partial charge in [0, 0.05) is 19.3 Å². The highest BCUT2D eigenvalue weighted by atomic mass is 16.6. The number of rotatable bonds is 52. The van der Waals surface area contributed by atoms with Crippen LogP contribution in [-0.4, -0.2) is 37.2 Å². The van der Waals surface area contributed by atoms with Gasteiger partial charge in [-0.3, -0.25) is 14.4 Å². The summed E-state index contributed by atoms with van der Waals surface area (Å²) in [5, 5.41) is 0. The van der Waals surface area contributed by atoms with Crippen LogP contribution in [0.25, 0.3) is 0 Å². The van der Waals surface area contributed by atoms with E-state index in [1.807, 2.05) is 0 Å². The van der Waals surface area contributed by atoms with E-state index in [1.165, 1.54) is 83.5 Å². The van der Waals surface area contributed by atoms with Crippen LogP contribution in [0.4, 0.5) is 0 Å². The lowest BCUT2D eigenvalue weighted by Crippen LogP contribution is -2.30. The van der Waals surface area contributed by atoms with E-state index in [9.17, 15) is 14.4 Å². The second kappa shape index (κ2) is 59.4. The number of hydrogen-bond donors (Lipinski definition) is 0. The minimum atomic E-state index is -0.819. The Labute approximate surface area is 443 Å². The van der Waals surface area contributed by atoms with E-state index in [2.05, 4.69) is 142 Å². The maximum absolute atomic E-state index is 12.8. The molecule has 0 saturated carbocycles. The van der Waals surface area contributed by atoms with Gasteiger partial charge in [-0.1, -0.05) is 258 Å². The molecule has 6 heteroatoms. The molecule has 0 N–H and O–H groups in total. The van der Waals surface area contributed by atoms with Crippen molar-refractivity contribution in [1.82, 2.24) is 0 Å². The number of carbonyl (C=O) groups is 3. The minimum absolute atomic E-state index is 0.108. The summed E-state index contributed by atoms with van der Waals surface area (Å²) in [6, 6.07) is 0. The predicted octanol–water partition coefficient (Wildman–Crippen LogP) is 20.0. The van der Waals surface area contributed by atoms with E-state index in [0.717, 1.165) is 128 Å². The number of carbonyl (C=O) groups excluding carboxylic acids is 3. The van der Waals surface area contributed by atoms with Gasteiger partial charge in [-0.15, -0.1) is 0 Å². The van der Waals surface area contributed by atoms with E-state index in [0.29, 0.717) is 19.3 Å². The molecule has 0 aliphatic rings. The highest BCUT2D eigenvalue weighted by Gasteiger charge is 2.19. The Morgan fingerprint density at radius 2 is 0.556 bits per heavy atom. The normalized spacial score (nSPS) is 13.0. The van der Waals surface area contributed by atoms with Crippen LogP contribution in [-0.2, 0) is 28.6 Å². The summed E-state index contributed by atoms with van der Waals surface area (Å²) in [6.45, 7) is 6.36. The van der Waals surface area contributed by atoms with Crippen LogP contribution >= 0.6 is 0 Å². The van der Waals surface area contributed by atoms with E-state index in [4.69, 9.17) is 14.2 Å². The smallest absolute Gasteiger partial charge is 0.306 e. The molecule has 0 aromatic rings. The summed E-state index contributed by atoms with van der Waals surface area (Å²) in [5.74, 6) is -0.984. The van der Waals surface area contributed by atoms with Gasteiger partial charge in [0.1, 0.15) is 13.2 Å². The first-order chi connectivity index (χ1) is 35.5. The van der Waals surface area contributed by atoms with E-state index in [1.54, 1.807) is 0 Å². The molecule has 0 aromatic heterocycles. The van der Waals surface area contributed by atoms with Crippen LogP contribution in [0.1, 0.15) is 258 Å². The van der Waals surface area contributed by atoms with E-state index < -0.39 is 6.10 Å². The zero-order valence-corrected chi connectivity index (χ0v) is 46.7. The molecule has 0 spiro atoms. The Morgan fingerprint density at radius 1 is 0.292 bits per heavy atom. The molecule has 0 aliphatic heterocycles. The first-order valence-electron chi connectivity index (χ1n) is 29.5. The Hall–Kier alpha value is -4.19. The highest BCUT2D eigenvalue weighted by molar-refractivity contribution is 5.71. The van der Waals surface area contributed by atoms with Gasteiger partial charge in [-0.2, -0.15) is 0 Å². The molecular formula is C66H108O6. The van der Waals surface area contributed by atoms with Crippen molar-refractivity contribution in [3.63, 3.8) is 0 Å². The molecule has 6 nitrogen and oxygen atoms in total. The third kappa shape index (κ3) is 56.7. The Bertz CT molecular complexity index is 1520. The first kappa shape index (κ1) is 67.8. The summed E-state index contributed by atoms with van der Waals surface area (Å²) >= 11 is 0. The lowest BCUT2D eigenvalue weighted by molar-refractivity contribution is -0.167. The first-order valence-corrected chi connectivity index (χ1v) is 29.5. The zero-order valence-electron chi connectivity index (χ0n) is 46.7. The third-order valence-corrected chi connectivity index (χ3v) is 12.2. The molecule has 1 unspecified atom stereocenters. The monoisotopic (exact) mass is 997 g/mol.